The van der Waals surface area contributed by atoms with Gasteiger partial charge in [0.05, 0.1) is 0 Å². The molecule has 2 saturated heterocycles. The molecule has 1 atom stereocenters. The van der Waals surface area contributed by atoms with Crippen LogP contribution in [0, 0.1) is 11.8 Å². The summed E-state index contributed by atoms with van der Waals surface area (Å²) >= 11 is 0. The minimum atomic E-state index is 0.149. The third-order valence-electron chi connectivity index (χ3n) is 5.35. The number of nitrogens with one attached hydrogen (secondary N) is 2. The van der Waals surface area contributed by atoms with Crippen LogP contribution in [0.1, 0.15) is 44.6 Å². The number of hydrogen-bond donors (Lipinski definition) is 2. The number of pyridine rings is 1. The summed E-state index contributed by atoms with van der Waals surface area (Å²) in [5.74, 6) is 2.71. The minimum Gasteiger partial charge on any atom is -0.357 e. The highest BCUT2D eigenvalue weighted by molar-refractivity contribution is 5.75. The van der Waals surface area contributed by atoms with Gasteiger partial charge in [-0.3, -0.25) is 4.79 Å². The molecule has 2 aliphatic rings. The van der Waals surface area contributed by atoms with Gasteiger partial charge in [0, 0.05) is 32.3 Å². The summed E-state index contributed by atoms with van der Waals surface area (Å²) in [7, 11) is 0. The van der Waals surface area contributed by atoms with E-state index >= 15 is 0 Å². The van der Waals surface area contributed by atoms with Crippen molar-refractivity contribution in [2.75, 3.05) is 31.1 Å². The van der Waals surface area contributed by atoms with Gasteiger partial charge in [-0.15, -0.1) is 0 Å². The van der Waals surface area contributed by atoms with Crippen LogP contribution in [0.15, 0.2) is 18.3 Å². The van der Waals surface area contributed by atoms with Crippen molar-refractivity contribution in [3.05, 3.63) is 23.9 Å². The average molecular weight is 330 g/mol. The van der Waals surface area contributed by atoms with E-state index in [2.05, 4.69) is 39.6 Å². The Labute approximate surface area is 145 Å². The summed E-state index contributed by atoms with van der Waals surface area (Å²) in [5, 5.41) is 6.36. The molecule has 2 aliphatic heterocycles. The second-order valence-electron chi connectivity index (χ2n) is 7.37. The van der Waals surface area contributed by atoms with Crippen LogP contribution in [0.25, 0.3) is 0 Å². The highest BCUT2D eigenvalue weighted by Crippen LogP contribution is 2.21. The molecule has 1 unspecified atom stereocenters. The van der Waals surface area contributed by atoms with Gasteiger partial charge < -0.3 is 15.5 Å². The number of anilines is 1. The lowest BCUT2D eigenvalue weighted by Gasteiger charge is -2.31. The highest BCUT2D eigenvalue weighted by Gasteiger charge is 2.17. The summed E-state index contributed by atoms with van der Waals surface area (Å²) in [6.45, 7) is 7.25. The molecule has 0 bridgehead atoms. The van der Waals surface area contributed by atoms with Crippen LogP contribution in [0.4, 0.5) is 5.82 Å². The molecule has 1 amide bonds. The molecule has 2 N–H and O–H groups in total. The summed E-state index contributed by atoms with van der Waals surface area (Å²) < 4.78 is 0. The van der Waals surface area contributed by atoms with Gasteiger partial charge in [-0.2, -0.15) is 0 Å². The number of aromatic nitrogens is 1. The van der Waals surface area contributed by atoms with E-state index in [0.29, 0.717) is 18.9 Å². The summed E-state index contributed by atoms with van der Waals surface area (Å²) in [4.78, 5) is 18.9. The maximum atomic E-state index is 12.0. The molecule has 3 heterocycles. The molecule has 5 heteroatoms. The smallest absolute Gasteiger partial charge is 0.220 e. The molecule has 2 fully saturated rings. The number of carbonyl (C=O) groups is 1. The van der Waals surface area contributed by atoms with Crippen LogP contribution in [-0.4, -0.2) is 37.1 Å². The van der Waals surface area contributed by atoms with Crippen LogP contribution < -0.4 is 15.5 Å². The Hall–Kier alpha value is -1.62. The lowest BCUT2D eigenvalue weighted by atomic mass is 9.99. The molecule has 0 aromatic carbocycles. The van der Waals surface area contributed by atoms with Crippen molar-refractivity contribution in [2.24, 2.45) is 11.8 Å². The molecule has 0 radical (unpaired) electrons. The van der Waals surface area contributed by atoms with E-state index in [1.807, 2.05) is 6.20 Å². The zero-order valence-corrected chi connectivity index (χ0v) is 14.8. The maximum Gasteiger partial charge on any atom is 0.220 e. The van der Waals surface area contributed by atoms with Crippen molar-refractivity contribution in [3.8, 4) is 0 Å². The predicted molar refractivity (Wildman–Crippen MR) is 96.9 cm³/mol. The number of hydrogen-bond acceptors (Lipinski definition) is 4. The summed E-state index contributed by atoms with van der Waals surface area (Å²) in [5.41, 5.74) is 1.07. The fraction of sp³-hybridized carbons (Fsp3) is 0.684. The van der Waals surface area contributed by atoms with Gasteiger partial charge in [-0.05, 0) is 62.2 Å². The third kappa shape index (κ3) is 4.94. The largest absolute Gasteiger partial charge is 0.357 e. The minimum absolute atomic E-state index is 0.149. The second kappa shape index (κ2) is 8.47. The Morgan fingerprint density at radius 3 is 2.83 bits per heavy atom. The van der Waals surface area contributed by atoms with Gasteiger partial charge in [0.15, 0.2) is 0 Å². The summed E-state index contributed by atoms with van der Waals surface area (Å²) in [6.07, 6.45) is 7.21. The molecule has 1 aromatic heterocycles. The van der Waals surface area contributed by atoms with Crippen LogP contribution >= 0.6 is 0 Å². The topological polar surface area (TPSA) is 57.3 Å². The standard InChI is InChI=1S/C19H30N4O/c1-15-7-10-23(11-8-15)18-4-2-17(13-21-18)14-22-19(24)5-3-16-6-9-20-12-16/h2,4,13,15-16,20H,3,5-12,14H2,1H3,(H,22,24). The van der Waals surface area contributed by atoms with E-state index < -0.39 is 0 Å². The maximum absolute atomic E-state index is 12.0. The van der Waals surface area contributed by atoms with Crippen molar-refractivity contribution in [1.29, 1.82) is 0 Å². The van der Waals surface area contributed by atoms with E-state index in [0.717, 1.165) is 49.9 Å². The normalized spacial score (nSPS) is 21.9. The van der Waals surface area contributed by atoms with Gasteiger partial charge >= 0.3 is 0 Å². The lowest BCUT2D eigenvalue weighted by Crippen LogP contribution is -2.33. The van der Waals surface area contributed by atoms with E-state index in [-0.39, 0.29) is 5.91 Å². The molecule has 132 valence electrons. The Morgan fingerprint density at radius 2 is 2.17 bits per heavy atom. The number of nitrogens with zero attached hydrogens (tertiary/aromatic N) is 2. The van der Waals surface area contributed by atoms with Gasteiger partial charge in [0.2, 0.25) is 5.91 Å². The number of carbonyl (C=O) groups excluding carboxylic acids is 1. The Bertz CT molecular complexity index is 517. The first kappa shape index (κ1) is 17.2. The second-order valence-corrected chi connectivity index (χ2v) is 7.37. The van der Waals surface area contributed by atoms with Crippen LogP contribution in [-0.2, 0) is 11.3 Å². The molecule has 24 heavy (non-hydrogen) atoms. The van der Waals surface area contributed by atoms with E-state index in [4.69, 9.17) is 0 Å². The molecule has 5 nitrogen and oxygen atoms in total. The van der Waals surface area contributed by atoms with E-state index in [1.165, 1.54) is 19.3 Å². The quantitative estimate of drug-likeness (QED) is 0.840. The van der Waals surface area contributed by atoms with Crippen molar-refractivity contribution >= 4 is 11.7 Å². The zero-order chi connectivity index (χ0) is 16.8. The van der Waals surface area contributed by atoms with E-state index in [1.54, 1.807) is 0 Å². The molecule has 0 saturated carbocycles. The number of piperidine rings is 1. The SMILES string of the molecule is CC1CCN(c2ccc(CNC(=O)CCC3CCNC3)cn2)CC1. The summed E-state index contributed by atoms with van der Waals surface area (Å²) in [6, 6.07) is 4.17. The van der Waals surface area contributed by atoms with Crippen LogP contribution in [0.2, 0.25) is 0 Å². The van der Waals surface area contributed by atoms with Crippen LogP contribution in [0.5, 0.6) is 0 Å². The Morgan fingerprint density at radius 1 is 1.33 bits per heavy atom. The fourth-order valence-electron chi connectivity index (χ4n) is 3.53. The van der Waals surface area contributed by atoms with Crippen molar-refractivity contribution < 1.29 is 4.79 Å². The van der Waals surface area contributed by atoms with Crippen molar-refractivity contribution in [1.82, 2.24) is 15.6 Å². The van der Waals surface area contributed by atoms with Gasteiger partial charge in [-0.1, -0.05) is 13.0 Å². The molecule has 0 aliphatic carbocycles. The van der Waals surface area contributed by atoms with Gasteiger partial charge in [0.1, 0.15) is 5.82 Å². The molecular formula is C19H30N4O. The highest BCUT2D eigenvalue weighted by atomic mass is 16.1. The Balaban J connectivity index is 1.40. The fourth-order valence-corrected chi connectivity index (χ4v) is 3.53. The van der Waals surface area contributed by atoms with Gasteiger partial charge in [-0.25, -0.2) is 4.98 Å². The molecular weight excluding hydrogens is 300 g/mol. The molecule has 0 spiro atoms. The monoisotopic (exact) mass is 330 g/mol. The molecule has 3 rings (SSSR count). The lowest BCUT2D eigenvalue weighted by molar-refractivity contribution is -0.121. The van der Waals surface area contributed by atoms with Gasteiger partial charge in [0.25, 0.3) is 0 Å². The van der Waals surface area contributed by atoms with Crippen LogP contribution in [0.3, 0.4) is 0 Å². The number of amides is 1. The number of rotatable bonds is 6. The first-order valence-electron chi connectivity index (χ1n) is 9.38. The average Bonchev–Trinajstić information content (AvgIpc) is 3.13. The first-order valence-corrected chi connectivity index (χ1v) is 9.38. The zero-order valence-electron chi connectivity index (χ0n) is 14.8. The van der Waals surface area contributed by atoms with E-state index in [9.17, 15) is 4.79 Å². The first-order chi connectivity index (χ1) is 11.7. The Kier molecular flexibility index (Phi) is 6.07. The third-order valence-corrected chi connectivity index (χ3v) is 5.35. The predicted octanol–water partition coefficient (Wildman–Crippen LogP) is 2.32. The van der Waals surface area contributed by atoms with Crippen molar-refractivity contribution in [3.63, 3.8) is 0 Å². The molecule has 1 aromatic rings. The van der Waals surface area contributed by atoms with Crippen molar-refractivity contribution in [2.45, 2.75) is 45.6 Å².